The van der Waals surface area contributed by atoms with E-state index < -0.39 is 0 Å². The fourth-order valence-electron chi connectivity index (χ4n) is 2.30. The lowest BCUT2D eigenvalue weighted by atomic mass is 10.1. The van der Waals surface area contributed by atoms with E-state index in [0.29, 0.717) is 17.4 Å². The Hall–Kier alpha value is -2.14. The van der Waals surface area contributed by atoms with Crippen LogP contribution in [0.3, 0.4) is 0 Å². The summed E-state index contributed by atoms with van der Waals surface area (Å²) < 4.78 is 0. The number of unbranched alkanes of at least 4 members (excludes halogenated alkanes) is 1. The number of carbonyl (C=O) groups is 1. The summed E-state index contributed by atoms with van der Waals surface area (Å²) in [6.07, 6.45) is 5.78. The lowest BCUT2D eigenvalue weighted by molar-refractivity contribution is -0.132. The zero-order valence-electron chi connectivity index (χ0n) is 12.4. The molecule has 0 saturated heterocycles. The molecular formula is C16H17ClN4O. The monoisotopic (exact) mass is 316 g/mol. The fourth-order valence-corrected chi connectivity index (χ4v) is 2.43. The number of amides is 1. The molecule has 2 aliphatic rings. The van der Waals surface area contributed by atoms with Gasteiger partial charge >= 0.3 is 0 Å². The van der Waals surface area contributed by atoms with Gasteiger partial charge in [-0.1, -0.05) is 37.1 Å². The van der Waals surface area contributed by atoms with Crippen LogP contribution in [0, 0.1) is 0 Å². The second-order valence-electron chi connectivity index (χ2n) is 5.21. The Balaban J connectivity index is 1.81. The molecule has 1 aromatic carbocycles. The quantitative estimate of drug-likeness (QED) is 0.857. The molecule has 2 heterocycles. The van der Waals surface area contributed by atoms with Gasteiger partial charge in [-0.25, -0.2) is 10.0 Å². The Morgan fingerprint density at radius 2 is 1.95 bits per heavy atom. The second-order valence-corrected chi connectivity index (χ2v) is 5.65. The first-order chi connectivity index (χ1) is 10.7. The Morgan fingerprint density at radius 1 is 1.18 bits per heavy atom. The molecule has 0 unspecified atom stereocenters. The van der Waals surface area contributed by atoms with Crippen LogP contribution in [0.5, 0.6) is 0 Å². The molecule has 0 atom stereocenters. The van der Waals surface area contributed by atoms with Gasteiger partial charge in [-0.15, -0.1) is 0 Å². The van der Waals surface area contributed by atoms with E-state index in [9.17, 15) is 4.79 Å². The van der Waals surface area contributed by atoms with E-state index in [1.54, 1.807) is 10.0 Å². The molecule has 0 aromatic heterocycles. The molecule has 2 aliphatic heterocycles. The van der Waals surface area contributed by atoms with Gasteiger partial charge in [0.15, 0.2) is 5.84 Å². The zero-order valence-corrected chi connectivity index (χ0v) is 13.1. The molecule has 0 fully saturated rings. The van der Waals surface area contributed by atoms with Gasteiger partial charge in [0, 0.05) is 17.1 Å². The Bertz CT molecular complexity index is 663. The molecule has 0 bridgehead atoms. The first kappa shape index (κ1) is 14.8. The van der Waals surface area contributed by atoms with E-state index in [-0.39, 0.29) is 12.5 Å². The normalized spacial score (nSPS) is 17.3. The van der Waals surface area contributed by atoms with Crippen LogP contribution >= 0.6 is 11.6 Å². The SMILES string of the molecule is CCCCN1N=C2C=CC(c3ccc(Cl)cc3)=NN2CC1=O. The van der Waals surface area contributed by atoms with Crippen LogP contribution in [0.2, 0.25) is 5.02 Å². The van der Waals surface area contributed by atoms with E-state index in [1.807, 2.05) is 36.4 Å². The van der Waals surface area contributed by atoms with Crippen molar-refractivity contribution in [1.82, 2.24) is 10.0 Å². The summed E-state index contributed by atoms with van der Waals surface area (Å²) in [4.78, 5) is 12.1. The maximum absolute atomic E-state index is 12.1. The topological polar surface area (TPSA) is 48.3 Å². The highest BCUT2D eigenvalue weighted by Gasteiger charge is 2.27. The number of hydrogen-bond donors (Lipinski definition) is 0. The highest BCUT2D eigenvalue weighted by Crippen LogP contribution is 2.17. The summed E-state index contributed by atoms with van der Waals surface area (Å²) in [7, 11) is 0. The van der Waals surface area contributed by atoms with Crippen molar-refractivity contribution < 1.29 is 4.79 Å². The molecule has 3 rings (SSSR count). The second kappa shape index (κ2) is 6.32. The van der Waals surface area contributed by atoms with Crippen LogP contribution in [0.25, 0.3) is 0 Å². The number of rotatable bonds is 4. The Labute approximate surface area is 134 Å². The van der Waals surface area contributed by atoms with Gasteiger partial charge in [0.25, 0.3) is 5.91 Å². The van der Waals surface area contributed by atoms with Crippen molar-refractivity contribution in [3.8, 4) is 0 Å². The minimum absolute atomic E-state index is 0.0216. The van der Waals surface area contributed by atoms with Crippen LogP contribution in [0.1, 0.15) is 25.3 Å². The van der Waals surface area contributed by atoms with E-state index in [2.05, 4.69) is 17.1 Å². The molecular weight excluding hydrogens is 300 g/mol. The van der Waals surface area contributed by atoms with Crippen molar-refractivity contribution in [3.05, 3.63) is 47.0 Å². The number of hydrogen-bond acceptors (Lipinski definition) is 4. The van der Waals surface area contributed by atoms with Crippen molar-refractivity contribution in [2.45, 2.75) is 19.8 Å². The van der Waals surface area contributed by atoms with Crippen LogP contribution in [-0.4, -0.2) is 40.6 Å². The maximum Gasteiger partial charge on any atom is 0.264 e. The summed E-state index contributed by atoms with van der Waals surface area (Å²) in [6, 6.07) is 7.47. The van der Waals surface area contributed by atoms with Gasteiger partial charge < -0.3 is 0 Å². The summed E-state index contributed by atoms with van der Waals surface area (Å²) in [5.74, 6) is 0.681. The highest BCUT2D eigenvalue weighted by atomic mass is 35.5. The summed E-state index contributed by atoms with van der Waals surface area (Å²) in [5.41, 5.74) is 1.76. The van der Waals surface area contributed by atoms with Gasteiger partial charge in [-0.2, -0.15) is 10.2 Å². The third kappa shape index (κ3) is 3.04. The third-order valence-electron chi connectivity index (χ3n) is 3.54. The number of carbonyl (C=O) groups excluding carboxylic acids is 1. The van der Waals surface area contributed by atoms with Crippen molar-refractivity contribution in [1.29, 1.82) is 0 Å². The maximum atomic E-state index is 12.1. The van der Waals surface area contributed by atoms with Gasteiger partial charge in [0.1, 0.15) is 6.54 Å². The standard InChI is InChI=1S/C16H17ClN4O/c1-2-3-10-20-16(22)11-21-15(19-20)9-8-14(18-21)12-4-6-13(17)7-5-12/h4-9H,2-3,10-11H2,1H3. The molecule has 0 radical (unpaired) electrons. The highest BCUT2D eigenvalue weighted by molar-refractivity contribution is 6.30. The number of nitrogens with zero attached hydrogens (tertiary/aromatic N) is 4. The lowest BCUT2D eigenvalue weighted by Crippen LogP contribution is -2.46. The smallest absolute Gasteiger partial charge is 0.264 e. The average Bonchev–Trinajstić information content (AvgIpc) is 2.53. The van der Waals surface area contributed by atoms with Gasteiger partial charge in [-0.05, 0) is 30.7 Å². The molecule has 1 amide bonds. The summed E-state index contributed by atoms with van der Waals surface area (Å²) in [5, 5.41) is 12.8. The number of allylic oxidation sites excluding steroid dienone is 1. The minimum Gasteiger partial charge on any atom is -0.271 e. The predicted octanol–water partition coefficient (Wildman–Crippen LogP) is 2.87. The average molecular weight is 317 g/mol. The molecule has 6 heteroatoms. The summed E-state index contributed by atoms with van der Waals surface area (Å²) >= 11 is 5.90. The zero-order chi connectivity index (χ0) is 15.5. The van der Waals surface area contributed by atoms with Gasteiger partial charge in [-0.3, -0.25) is 4.79 Å². The number of amidine groups is 1. The van der Waals surface area contributed by atoms with Crippen molar-refractivity contribution in [2.24, 2.45) is 10.2 Å². The first-order valence-electron chi connectivity index (χ1n) is 7.36. The molecule has 114 valence electrons. The molecule has 0 N–H and O–H groups in total. The molecule has 1 aromatic rings. The van der Waals surface area contributed by atoms with Crippen molar-refractivity contribution in [3.63, 3.8) is 0 Å². The molecule has 0 spiro atoms. The van der Waals surface area contributed by atoms with Crippen LogP contribution < -0.4 is 0 Å². The van der Waals surface area contributed by atoms with Crippen LogP contribution in [0.4, 0.5) is 0 Å². The molecule has 0 aliphatic carbocycles. The first-order valence-corrected chi connectivity index (χ1v) is 7.74. The van der Waals surface area contributed by atoms with Crippen molar-refractivity contribution >= 4 is 29.1 Å². The van der Waals surface area contributed by atoms with Gasteiger partial charge in [0.05, 0.1) is 5.71 Å². The Morgan fingerprint density at radius 3 is 2.68 bits per heavy atom. The number of fused-ring (bicyclic) bond motifs is 1. The minimum atomic E-state index is -0.0216. The summed E-state index contributed by atoms with van der Waals surface area (Å²) in [6.45, 7) is 2.98. The van der Waals surface area contributed by atoms with E-state index in [4.69, 9.17) is 11.6 Å². The Kier molecular flexibility index (Phi) is 4.24. The largest absolute Gasteiger partial charge is 0.271 e. The van der Waals surface area contributed by atoms with Crippen LogP contribution in [0.15, 0.2) is 46.6 Å². The number of halogens is 1. The fraction of sp³-hybridized carbons (Fsp3) is 0.312. The molecule has 0 saturated carbocycles. The number of benzene rings is 1. The van der Waals surface area contributed by atoms with E-state index >= 15 is 0 Å². The lowest BCUT2D eigenvalue weighted by Gasteiger charge is -2.31. The van der Waals surface area contributed by atoms with Crippen LogP contribution in [-0.2, 0) is 4.79 Å². The van der Waals surface area contributed by atoms with Gasteiger partial charge in [0.2, 0.25) is 0 Å². The van der Waals surface area contributed by atoms with Crippen molar-refractivity contribution in [2.75, 3.05) is 13.1 Å². The molecule has 22 heavy (non-hydrogen) atoms. The molecule has 5 nitrogen and oxygen atoms in total. The number of hydrazone groups is 2. The predicted molar refractivity (Wildman–Crippen MR) is 87.9 cm³/mol. The van der Waals surface area contributed by atoms with E-state index in [1.165, 1.54) is 0 Å². The third-order valence-corrected chi connectivity index (χ3v) is 3.79. The van der Waals surface area contributed by atoms with E-state index in [0.717, 1.165) is 24.1 Å².